The minimum atomic E-state index is -4.56. The van der Waals surface area contributed by atoms with E-state index in [-0.39, 0.29) is 17.9 Å². The molecule has 0 spiro atoms. The second-order valence-corrected chi connectivity index (χ2v) is 6.33. The van der Waals surface area contributed by atoms with E-state index in [0.717, 1.165) is 16.8 Å². The van der Waals surface area contributed by atoms with Crippen LogP contribution in [0.2, 0.25) is 0 Å². The van der Waals surface area contributed by atoms with E-state index >= 15 is 0 Å². The number of fused-ring (bicyclic) bond motifs is 1. The summed E-state index contributed by atoms with van der Waals surface area (Å²) in [6.45, 7) is 0. The molecule has 0 radical (unpaired) electrons. The lowest BCUT2D eigenvalue weighted by atomic mass is 10.0. The van der Waals surface area contributed by atoms with Crippen molar-refractivity contribution in [2.24, 2.45) is 0 Å². The largest absolute Gasteiger partial charge is 0.467 e. The molecule has 1 aromatic carbocycles. The van der Waals surface area contributed by atoms with Gasteiger partial charge in [0.15, 0.2) is 11.7 Å². The Morgan fingerprint density at radius 3 is 2.64 bits per heavy atom. The first-order chi connectivity index (χ1) is 13.3. The maximum atomic E-state index is 13.6. The van der Waals surface area contributed by atoms with Crippen LogP contribution in [0.15, 0.2) is 53.1 Å². The average Bonchev–Trinajstić information content (AvgIpc) is 3.31. The monoisotopic (exact) mass is 394 g/mol. The maximum Gasteiger partial charge on any atom is 0.410 e. The number of nitrogens with one attached hydrogen (secondary N) is 2. The Morgan fingerprint density at radius 1 is 1.25 bits per heavy atom. The number of hydrogen-bond donors (Lipinski definition) is 2. The summed E-state index contributed by atoms with van der Waals surface area (Å²) in [5, 5.41) is 9.25. The minimum absolute atomic E-state index is 0.0548. The van der Waals surface area contributed by atoms with E-state index in [1.54, 1.807) is 12.1 Å². The Balaban J connectivity index is 1.63. The Bertz CT molecular complexity index is 980. The lowest BCUT2D eigenvalue weighted by Gasteiger charge is -2.32. The highest BCUT2D eigenvalue weighted by molar-refractivity contribution is 6.03. The van der Waals surface area contributed by atoms with Crippen LogP contribution in [0.5, 0.6) is 0 Å². The van der Waals surface area contributed by atoms with Crippen LogP contribution in [-0.2, 0) is 0 Å². The lowest BCUT2D eigenvalue weighted by Crippen LogP contribution is -2.35. The lowest BCUT2D eigenvalue weighted by molar-refractivity contribution is -0.174. The van der Waals surface area contributed by atoms with E-state index in [4.69, 9.17) is 4.42 Å². The predicted molar refractivity (Wildman–Crippen MR) is 91.4 cm³/mol. The first kappa shape index (κ1) is 18.1. The Morgan fingerprint density at radius 2 is 2.00 bits per heavy atom. The van der Waals surface area contributed by atoms with Gasteiger partial charge in [0.2, 0.25) is 0 Å². The fourth-order valence-corrected chi connectivity index (χ4v) is 3.09. The molecule has 10 heteroatoms. The van der Waals surface area contributed by atoms with Gasteiger partial charge >= 0.3 is 6.18 Å². The Hall–Kier alpha value is -3.30. The van der Waals surface area contributed by atoms with E-state index in [0.29, 0.717) is 11.4 Å². The zero-order valence-electron chi connectivity index (χ0n) is 14.2. The fraction of sp³-hybridized carbons (Fsp3) is 0.222. The van der Waals surface area contributed by atoms with Crippen LogP contribution >= 0.6 is 0 Å². The molecule has 0 saturated heterocycles. The maximum absolute atomic E-state index is 13.6. The highest BCUT2D eigenvalue weighted by atomic mass is 19.4. The molecule has 4 rings (SSSR count). The summed E-state index contributed by atoms with van der Waals surface area (Å²) >= 11 is 0. The molecule has 0 bridgehead atoms. The number of furan rings is 1. The van der Waals surface area contributed by atoms with Crippen LogP contribution in [0.1, 0.15) is 34.8 Å². The minimum Gasteiger partial charge on any atom is -0.467 e. The third-order valence-electron chi connectivity index (χ3n) is 4.41. The summed E-state index contributed by atoms with van der Waals surface area (Å²) in [5.74, 6) is -0.763. The average molecular weight is 394 g/mol. The van der Waals surface area contributed by atoms with Crippen molar-refractivity contribution >= 4 is 17.4 Å². The molecule has 1 amide bonds. The second kappa shape index (κ2) is 6.70. The van der Waals surface area contributed by atoms with Gasteiger partial charge in [0.05, 0.1) is 12.3 Å². The van der Waals surface area contributed by atoms with Gasteiger partial charge in [-0.05, 0) is 36.4 Å². The highest BCUT2D eigenvalue weighted by Crippen LogP contribution is 2.43. The van der Waals surface area contributed by atoms with Gasteiger partial charge < -0.3 is 15.1 Å². The van der Waals surface area contributed by atoms with Gasteiger partial charge in [0, 0.05) is 18.2 Å². The van der Waals surface area contributed by atoms with Crippen molar-refractivity contribution in [3.63, 3.8) is 0 Å². The number of rotatable bonds is 3. The van der Waals surface area contributed by atoms with Crippen LogP contribution in [0.3, 0.4) is 0 Å². The van der Waals surface area contributed by atoms with E-state index in [1.165, 1.54) is 24.5 Å². The van der Waals surface area contributed by atoms with E-state index in [9.17, 15) is 22.4 Å². The normalized spacial score (nSPS) is 19.0. The number of aromatic nitrogens is 2. The van der Waals surface area contributed by atoms with Crippen molar-refractivity contribution in [2.75, 3.05) is 10.6 Å². The summed E-state index contributed by atoms with van der Waals surface area (Å²) in [4.78, 5) is 12.4. The highest BCUT2D eigenvalue weighted by Gasteiger charge is 2.47. The third-order valence-corrected chi connectivity index (χ3v) is 4.41. The summed E-state index contributed by atoms with van der Waals surface area (Å²) < 4.78 is 59.7. The summed E-state index contributed by atoms with van der Waals surface area (Å²) in [5.41, 5.74) is 0.104. The first-order valence-corrected chi connectivity index (χ1v) is 8.34. The zero-order chi connectivity index (χ0) is 19.9. The number of alkyl halides is 3. The molecule has 0 aliphatic carbocycles. The number of anilines is 2. The fourth-order valence-electron chi connectivity index (χ4n) is 3.09. The van der Waals surface area contributed by atoms with Gasteiger partial charge in [0.1, 0.15) is 17.4 Å². The quantitative estimate of drug-likeness (QED) is 0.641. The number of amides is 1. The van der Waals surface area contributed by atoms with E-state index in [1.807, 2.05) is 0 Å². The van der Waals surface area contributed by atoms with Crippen LogP contribution in [-0.4, -0.2) is 21.9 Å². The van der Waals surface area contributed by atoms with Crippen molar-refractivity contribution < 1.29 is 26.8 Å². The van der Waals surface area contributed by atoms with Crippen molar-refractivity contribution in [3.8, 4) is 0 Å². The van der Waals surface area contributed by atoms with Gasteiger partial charge in [-0.15, -0.1) is 0 Å². The van der Waals surface area contributed by atoms with Crippen molar-refractivity contribution in [1.29, 1.82) is 0 Å². The molecule has 6 nitrogen and oxygen atoms in total. The Labute approximate surface area is 156 Å². The molecule has 0 fully saturated rings. The molecular formula is C18H14F4N4O2. The Kier molecular flexibility index (Phi) is 4.33. The molecule has 2 N–H and O–H groups in total. The van der Waals surface area contributed by atoms with Crippen LogP contribution in [0.25, 0.3) is 0 Å². The molecule has 2 unspecified atom stereocenters. The molecule has 1 aliphatic heterocycles. The number of benzene rings is 1. The second-order valence-electron chi connectivity index (χ2n) is 6.33. The smallest absolute Gasteiger partial charge is 0.410 e. The molecule has 3 heterocycles. The van der Waals surface area contributed by atoms with Gasteiger partial charge in [-0.1, -0.05) is 0 Å². The van der Waals surface area contributed by atoms with Gasteiger partial charge in [-0.3, -0.25) is 4.79 Å². The number of nitrogens with zero attached hydrogens (tertiary/aromatic N) is 2. The van der Waals surface area contributed by atoms with Gasteiger partial charge in [-0.25, -0.2) is 9.07 Å². The standard InChI is InChI=1S/C18H14F4N4O2/c19-10-3-5-11(6-4-10)23-17(27)13-9-16-24-12(14-2-1-7-28-14)8-15(18(20,21)22)26(16)25-13/h1-7,9,12,15,24H,8H2,(H,23,27). The molecular weight excluding hydrogens is 380 g/mol. The third kappa shape index (κ3) is 3.45. The topological polar surface area (TPSA) is 72.1 Å². The molecule has 146 valence electrons. The molecule has 28 heavy (non-hydrogen) atoms. The van der Waals surface area contributed by atoms with Gasteiger partial charge in [-0.2, -0.15) is 18.3 Å². The molecule has 3 aromatic rings. The van der Waals surface area contributed by atoms with Crippen LogP contribution in [0.4, 0.5) is 29.1 Å². The summed E-state index contributed by atoms with van der Waals surface area (Å²) in [7, 11) is 0. The van der Waals surface area contributed by atoms with Crippen molar-refractivity contribution in [3.05, 3.63) is 66.0 Å². The first-order valence-electron chi connectivity index (χ1n) is 8.34. The predicted octanol–water partition coefficient (Wildman–Crippen LogP) is 4.53. The molecule has 2 atom stereocenters. The van der Waals surface area contributed by atoms with Crippen LogP contribution < -0.4 is 10.6 Å². The summed E-state index contributed by atoms with van der Waals surface area (Å²) in [6, 6.07) is 6.79. The number of hydrogen-bond acceptors (Lipinski definition) is 4. The summed E-state index contributed by atoms with van der Waals surface area (Å²) in [6.07, 6.45) is -3.50. The zero-order valence-corrected chi connectivity index (χ0v) is 14.2. The van der Waals surface area contributed by atoms with E-state index in [2.05, 4.69) is 15.7 Å². The number of carbonyl (C=O) groups is 1. The van der Waals surface area contributed by atoms with Crippen LogP contribution in [0, 0.1) is 5.82 Å². The number of carbonyl (C=O) groups excluding carboxylic acids is 1. The molecule has 0 saturated carbocycles. The van der Waals surface area contributed by atoms with Crippen molar-refractivity contribution in [2.45, 2.75) is 24.7 Å². The molecule has 1 aliphatic rings. The molecule has 2 aromatic heterocycles. The SMILES string of the molecule is O=C(Nc1ccc(F)cc1)c1cc2n(n1)C(C(F)(F)F)CC(c1ccco1)N2. The van der Waals surface area contributed by atoms with E-state index < -0.39 is 30.0 Å². The van der Waals surface area contributed by atoms with Crippen molar-refractivity contribution in [1.82, 2.24) is 9.78 Å². The number of halogens is 4. The van der Waals surface area contributed by atoms with Gasteiger partial charge in [0.25, 0.3) is 5.91 Å².